The molecule has 3 aromatic carbocycles. The van der Waals surface area contributed by atoms with Crippen molar-refractivity contribution >= 4 is 28.9 Å². The highest BCUT2D eigenvalue weighted by Gasteiger charge is 2.18. The maximum absolute atomic E-state index is 12.7. The molecule has 0 unspecified atom stereocenters. The molecule has 0 aliphatic carbocycles. The Morgan fingerprint density at radius 2 is 1.69 bits per heavy atom. The molecule has 5 aromatic rings. The Balaban J connectivity index is 1.22. The van der Waals surface area contributed by atoms with Crippen molar-refractivity contribution in [3.63, 3.8) is 0 Å². The fraction of sp³-hybridized carbons (Fsp3) is 0.182. The van der Waals surface area contributed by atoms with Gasteiger partial charge in [0.05, 0.1) is 13.3 Å². The quantitative estimate of drug-likeness (QED) is 0.124. The highest BCUT2D eigenvalue weighted by atomic mass is 16.6. The van der Waals surface area contributed by atoms with Crippen molar-refractivity contribution in [3.8, 4) is 17.2 Å². The van der Waals surface area contributed by atoms with E-state index >= 15 is 0 Å². The number of methoxy groups -OCH3 is 1. The van der Waals surface area contributed by atoms with Gasteiger partial charge in [0, 0.05) is 22.6 Å². The number of hydrogen-bond donors (Lipinski definition) is 1. The van der Waals surface area contributed by atoms with Crippen molar-refractivity contribution in [1.82, 2.24) is 9.99 Å². The van der Waals surface area contributed by atoms with Crippen LogP contribution in [0.15, 0.2) is 94.4 Å². The molecule has 42 heavy (non-hydrogen) atoms. The Bertz CT molecular complexity index is 1730. The van der Waals surface area contributed by atoms with E-state index in [9.17, 15) is 9.59 Å². The van der Waals surface area contributed by atoms with Crippen LogP contribution in [0.4, 0.5) is 0 Å². The number of benzene rings is 3. The first-order valence-corrected chi connectivity index (χ1v) is 13.4. The summed E-state index contributed by atoms with van der Waals surface area (Å²) in [5, 5.41) is 5.92. The van der Waals surface area contributed by atoms with E-state index in [4.69, 9.17) is 18.6 Å². The Labute approximate surface area is 243 Å². The first kappa shape index (κ1) is 28.2. The molecule has 9 heteroatoms. The molecule has 9 nitrogen and oxygen atoms in total. The predicted molar refractivity (Wildman–Crippen MR) is 159 cm³/mol. The number of rotatable bonds is 10. The summed E-state index contributed by atoms with van der Waals surface area (Å²) in [5.74, 6) is 0.665. The van der Waals surface area contributed by atoms with Crippen LogP contribution < -0.4 is 14.9 Å². The topological polar surface area (TPSA) is 104 Å². The van der Waals surface area contributed by atoms with Crippen molar-refractivity contribution < 1.29 is 28.2 Å². The minimum atomic E-state index is -0.827. The summed E-state index contributed by atoms with van der Waals surface area (Å²) >= 11 is 0. The third kappa shape index (κ3) is 6.20. The van der Waals surface area contributed by atoms with Crippen LogP contribution in [0.1, 0.15) is 40.2 Å². The number of furan rings is 1. The number of nitrogens with zero attached hydrogens (tertiary/aromatic N) is 2. The van der Waals surface area contributed by atoms with Crippen LogP contribution in [0.2, 0.25) is 0 Å². The lowest BCUT2D eigenvalue weighted by atomic mass is 10.0. The summed E-state index contributed by atoms with van der Waals surface area (Å²) in [5.41, 5.74) is 6.46. The van der Waals surface area contributed by atoms with Gasteiger partial charge in [-0.1, -0.05) is 30.3 Å². The number of ether oxygens (including phenoxy) is 3. The van der Waals surface area contributed by atoms with Crippen LogP contribution in [-0.2, 0) is 16.1 Å². The summed E-state index contributed by atoms with van der Waals surface area (Å²) in [6.07, 6.45) is 0.653. The van der Waals surface area contributed by atoms with Crippen LogP contribution in [0.3, 0.4) is 0 Å². The molecule has 0 aliphatic rings. The van der Waals surface area contributed by atoms with Gasteiger partial charge in [-0.25, -0.2) is 10.2 Å². The zero-order valence-electron chi connectivity index (χ0n) is 23.8. The summed E-state index contributed by atoms with van der Waals surface area (Å²) < 4.78 is 24.3. The maximum Gasteiger partial charge on any atom is 0.346 e. The highest BCUT2D eigenvalue weighted by Crippen LogP contribution is 2.28. The monoisotopic (exact) mass is 565 g/mol. The van der Waals surface area contributed by atoms with E-state index in [1.807, 2.05) is 54.6 Å². The molecule has 0 saturated carbocycles. The van der Waals surface area contributed by atoms with Crippen LogP contribution >= 0.6 is 0 Å². The van der Waals surface area contributed by atoms with E-state index in [1.165, 1.54) is 13.3 Å². The van der Waals surface area contributed by atoms with Crippen molar-refractivity contribution in [2.24, 2.45) is 5.10 Å². The first-order valence-electron chi connectivity index (χ1n) is 13.4. The van der Waals surface area contributed by atoms with Crippen LogP contribution in [0, 0.1) is 13.8 Å². The Morgan fingerprint density at radius 3 is 2.43 bits per heavy atom. The normalized spacial score (nSPS) is 11.9. The SMILES string of the molecule is COC(=O)[C@H](C)Oc1ccc2ccccc2c1/C=N/NC(=O)c1ccc(COc2ccc(-n3c(C)ccc3C)cc2)o1. The molecule has 0 spiro atoms. The Morgan fingerprint density at radius 1 is 0.952 bits per heavy atom. The van der Waals surface area contributed by atoms with Gasteiger partial charge in [-0.15, -0.1) is 0 Å². The van der Waals surface area contributed by atoms with Gasteiger partial charge in [-0.3, -0.25) is 4.79 Å². The highest BCUT2D eigenvalue weighted by molar-refractivity contribution is 6.03. The standard InChI is InChI=1S/C33H31N3O6/c1-21-9-10-22(2)36(21)25-12-14-26(15-13-25)40-20-27-16-18-31(42-27)32(37)35-34-19-29-28-8-6-5-7-24(28)11-17-30(29)41-23(3)33(38)39-4/h5-19,23H,20H2,1-4H3,(H,35,37)/b34-19+/t23-/m0/s1. The molecule has 2 heterocycles. The molecule has 1 amide bonds. The van der Waals surface area contributed by atoms with E-state index < -0.39 is 18.0 Å². The van der Waals surface area contributed by atoms with Crippen LogP contribution in [-0.4, -0.2) is 35.9 Å². The number of carbonyl (C=O) groups excluding carboxylic acids is 2. The molecule has 0 aliphatic heterocycles. The molecule has 5 rings (SSSR count). The molecular formula is C33H31N3O6. The second-order valence-electron chi connectivity index (χ2n) is 9.68. The van der Waals surface area contributed by atoms with Gasteiger partial charge >= 0.3 is 11.9 Å². The number of nitrogens with one attached hydrogen (secondary N) is 1. The van der Waals surface area contributed by atoms with Crippen molar-refractivity contribution in [2.75, 3.05) is 7.11 Å². The summed E-state index contributed by atoms with van der Waals surface area (Å²) in [6.45, 7) is 5.89. The van der Waals surface area contributed by atoms with Crippen molar-refractivity contribution in [3.05, 3.63) is 113 Å². The van der Waals surface area contributed by atoms with Crippen LogP contribution in [0.5, 0.6) is 11.5 Å². The molecular weight excluding hydrogens is 534 g/mol. The van der Waals surface area contributed by atoms with Gasteiger partial charge in [0.2, 0.25) is 0 Å². The lowest BCUT2D eigenvalue weighted by molar-refractivity contribution is -0.147. The molecule has 0 bridgehead atoms. The third-order valence-corrected chi connectivity index (χ3v) is 6.76. The minimum absolute atomic E-state index is 0.0911. The fourth-order valence-electron chi connectivity index (χ4n) is 4.63. The van der Waals surface area contributed by atoms with Gasteiger partial charge in [-0.05, 0) is 86.1 Å². The predicted octanol–water partition coefficient (Wildman–Crippen LogP) is 6.12. The zero-order valence-corrected chi connectivity index (χ0v) is 23.8. The second-order valence-corrected chi connectivity index (χ2v) is 9.68. The summed E-state index contributed by atoms with van der Waals surface area (Å²) in [6, 6.07) is 26.5. The van der Waals surface area contributed by atoms with Crippen molar-refractivity contribution in [1.29, 1.82) is 0 Å². The Hall–Kier alpha value is -5.31. The molecule has 2 aromatic heterocycles. The number of amides is 1. The number of carbonyl (C=O) groups is 2. The van der Waals surface area contributed by atoms with Crippen molar-refractivity contribution in [2.45, 2.75) is 33.5 Å². The van der Waals surface area contributed by atoms with Gasteiger partial charge in [-0.2, -0.15) is 5.10 Å². The van der Waals surface area contributed by atoms with E-state index in [0.29, 0.717) is 22.8 Å². The van der Waals surface area contributed by atoms with Gasteiger partial charge in [0.15, 0.2) is 11.9 Å². The zero-order chi connectivity index (χ0) is 29.6. The van der Waals surface area contributed by atoms with Crippen LogP contribution in [0.25, 0.3) is 16.5 Å². The Kier molecular flexibility index (Phi) is 8.38. The van der Waals surface area contributed by atoms with Gasteiger partial charge in [0.25, 0.3) is 0 Å². The number of hydrogen-bond acceptors (Lipinski definition) is 7. The number of fused-ring (bicyclic) bond motifs is 1. The number of aryl methyl sites for hydroxylation is 2. The lowest BCUT2D eigenvalue weighted by Crippen LogP contribution is -2.25. The molecule has 1 N–H and O–H groups in total. The summed E-state index contributed by atoms with van der Waals surface area (Å²) in [7, 11) is 1.30. The minimum Gasteiger partial charge on any atom is -0.486 e. The van der Waals surface area contributed by atoms with Gasteiger partial charge in [0.1, 0.15) is 23.9 Å². The maximum atomic E-state index is 12.7. The fourth-order valence-corrected chi connectivity index (χ4v) is 4.63. The molecule has 0 saturated heterocycles. The number of hydrazone groups is 1. The smallest absolute Gasteiger partial charge is 0.346 e. The number of aromatic nitrogens is 1. The van der Waals surface area contributed by atoms with Gasteiger partial charge < -0.3 is 23.2 Å². The molecule has 0 fully saturated rings. The average Bonchev–Trinajstić information content (AvgIpc) is 3.62. The molecule has 1 atom stereocenters. The van der Waals surface area contributed by atoms with E-state index in [1.54, 1.807) is 25.1 Å². The second kappa shape index (κ2) is 12.5. The average molecular weight is 566 g/mol. The van der Waals surface area contributed by atoms with E-state index in [0.717, 1.165) is 27.8 Å². The largest absolute Gasteiger partial charge is 0.486 e. The summed E-state index contributed by atoms with van der Waals surface area (Å²) in [4.78, 5) is 24.6. The lowest BCUT2D eigenvalue weighted by Gasteiger charge is -2.15. The molecule has 214 valence electrons. The first-order chi connectivity index (χ1) is 20.3. The van der Waals surface area contributed by atoms with E-state index in [2.05, 4.69) is 41.1 Å². The number of esters is 1. The molecule has 0 radical (unpaired) electrons. The third-order valence-electron chi connectivity index (χ3n) is 6.76. The van der Waals surface area contributed by atoms with E-state index in [-0.39, 0.29) is 12.4 Å².